The zero-order valence-electron chi connectivity index (χ0n) is 12.1. The van der Waals surface area contributed by atoms with Crippen molar-refractivity contribution in [3.05, 3.63) is 35.4 Å². The summed E-state index contributed by atoms with van der Waals surface area (Å²) in [6, 6.07) is 8.02. The summed E-state index contributed by atoms with van der Waals surface area (Å²) >= 11 is 0. The van der Waals surface area contributed by atoms with E-state index in [0.29, 0.717) is 18.9 Å². The molecule has 0 aromatic heterocycles. The highest BCUT2D eigenvalue weighted by Crippen LogP contribution is 2.10. The maximum atomic E-state index is 11.9. The molecule has 1 atom stereocenters. The Morgan fingerprint density at radius 1 is 1.32 bits per heavy atom. The summed E-state index contributed by atoms with van der Waals surface area (Å²) in [4.78, 5) is 11.9. The molecule has 3 heteroatoms. The molecule has 0 heterocycles. The molecule has 1 amide bonds. The highest BCUT2D eigenvalue weighted by molar-refractivity contribution is 5.78. The molecular weight excluding hydrogens is 236 g/mol. The van der Waals surface area contributed by atoms with Gasteiger partial charge in [-0.1, -0.05) is 37.6 Å². The van der Waals surface area contributed by atoms with Crippen molar-refractivity contribution >= 4 is 5.91 Å². The Kier molecular flexibility index (Phi) is 7.19. The number of hydrogen-bond acceptors (Lipinski definition) is 2. The standard InChI is InChI=1S/C16H26N2O/c1-3-6-14(9-10-17)12-18-16(19)11-15-8-5-4-7-13(15)2/h4-5,7-8,14H,3,6,9-12,17H2,1-2H3,(H,18,19). The van der Waals surface area contributed by atoms with Crippen LogP contribution in [0.1, 0.15) is 37.3 Å². The Morgan fingerprint density at radius 2 is 2.05 bits per heavy atom. The predicted molar refractivity (Wildman–Crippen MR) is 80.0 cm³/mol. The smallest absolute Gasteiger partial charge is 0.224 e. The van der Waals surface area contributed by atoms with E-state index in [-0.39, 0.29) is 5.91 Å². The third-order valence-electron chi connectivity index (χ3n) is 3.47. The van der Waals surface area contributed by atoms with Crippen LogP contribution in [0.5, 0.6) is 0 Å². The fourth-order valence-corrected chi connectivity index (χ4v) is 2.29. The summed E-state index contributed by atoms with van der Waals surface area (Å²) in [7, 11) is 0. The summed E-state index contributed by atoms with van der Waals surface area (Å²) in [5.41, 5.74) is 7.87. The highest BCUT2D eigenvalue weighted by Gasteiger charge is 2.10. The number of amides is 1. The van der Waals surface area contributed by atoms with E-state index in [2.05, 4.69) is 12.2 Å². The molecule has 3 nitrogen and oxygen atoms in total. The number of nitrogens with one attached hydrogen (secondary N) is 1. The summed E-state index contributed by atoms with van der Waals surface area (Å²) in [6.07, 6.45) is 3.72. The second-order valence-electron chi connectivity index (χ2n) is 5.14. The van der Waals surface area contributed by atoms with Crippen LogP contribution in [0.4, 0.5) is 0 Å². The van der Waals surface area contributed by atoms with Crippen molar-refractivity contribution < 1.29 is 4.79 Å². The molecular formula is C16H26N2O. The monoisotopic (exact) mass is 262 g/mol. The number of nitrogens with two attached hydrogens (primary N) is 1. The molecule has 0 radical (unpaired) electrons. The van der Waals surface area contributed by atoms with Crippen LogP contribution in [-0.4, -0.2) is 19.0 Å². The molecule has 0 aliphatic carbocycles. The van der Waals surface area contributed by atoms with E-state index in [1.165, 1.54) is 5.56 Å². The zero-order valence-corrected chi connectivity index (χ0v) is 12.1. The molecule has 1 aromatic rings. The predicted octanol–water partition coefficient (Wildman–Crippen LogP) is 2.42. The Morgan fingerprint density at radius 3 is 2.68 bits per heavy atom. The van der Waals surface area contributed by atoms with Crippen LogP contribution in [0.3, 0.4) is 0 Å². The normalized spacial score (nSPS) is 12.2. The third kappa shape index (κ3) is 5.88. The topological polar surface area (TPSA) is 55.1 Å². The average Bonchev–Trinajstić information content (AvgIpc) is 2.39. The molecule has 106 valence electrons. The van der Waals surface area contributed by atoms with Crippen molar-refractivity contribution in [2.24, 2.45) is 11.7 Å². The van der Waals surface area contributed by atoms with Gasteiger partial charge in [0.15, 0.2) is 0 Å². The molecule has 1 aromatic carbocycles. The van der Waals surface area contributed by atoms with Crippen LogP contribution in [-0.2, 0) is 11.2 Å². The minimum Gasteiger partial charge on any atom is -0.356 e. The van der Waals surface area contributed by atoms with Crippen molar-refractivity contribution in [1.82, 2.24) is 5.32 Å². The van der Waals surface area contributed by atoms with E-state index in [9.17, 15) is 4.79 Å². The molecule has 1 rings (SSSR count). The van der Waals surface area contributed by atoms with E-state index in [1.807, 2.05) is 31.2 Å². The summed E-state index contributed by atoms with van der Waals surface area (Å²) < 4.78 is 0. The van der Waals surface area contributed by atoms with Crippen molar-refractivity contribution in [2.75, 3.05) is 13.1 Å². The van der Waals surface area contributed by atoms with Crippen molar-refractivity contribution in [1.29, 1.82) is 0 Å². The lowest BCUT2D eigenvalue weighted by atomic mass is 9.99. The van der Waals surface area contributed by atoms with E-state index < -0.39 is 0 Å². The number of carbonyl (C=O) groups is 1. The Hall–Kier alpha value is -1.35. The molecule has 0 spiro atoms. The number of rotatable bonds is 8. The summed E-state index contributed by atoms with van der Waals surface area (Å²) in [5.74, 6) is 0.614. The van der Waals surface area contributed by atoms with Gasteiger partial charge in [-0.2, -0.15) is 0 Å². The fourth-order valence-electron chi connectivity index (χ4n) is 2.29. The molecule has 0 aliphatic heterocycles. The van der Waals surface area contributed by atoms with Crippen molar-refractivity contribution in [3.8, 4) is 0 Å². The third-order valence-corrected chi connectivity index (χ3v) is 3.47. The lowest BCUT2D eigenvalue weighted by molar-refractivity contribution is -0.120. The van der Waals surface area contributed by atoms with Gasteiger partial charge in [0, 0.05) is 6.54 Å². The molecule has 19 heavy (non-hydrogen) atoms. The van der Waals surface area contributed by atoms with Gasteiger partial charge in [0.05, 0.1) is 6.42 Å². The quantitative estimate of drug-likeness (QED) is 0.756. The van der Waals surface area contributed by atoms with Gasteiger partial charge >= 0.3 is 0 Å². The van der Waals surface area contributed by atoms with Crippen LogP contribution in [0, 0.1) is 12.8 Å². The average molecular weight is 262 g/mol. The summed E-state index contributed by atoms with van der Waals surface area (Å²) in [6.45, 7) is 5.64. The molecule has 0 saturated carbocycles. The molecule has 3 N–H and O–H groups in total. The second-order valence-corrected chi connectivity index (χ2v) is 5.14. The number of aryl methyl sites for hydroxylation is 1. The molecule has 0 aliphatic rings. The number of benzene rings is 1. The van der Waals surface area contributed by atoms with E-state index in [1.54, 1.807) is 0 Å². The SMILES string of the molecule is CCCC(CCN)CNC(=O)Cc1ccccc1C. The Balaban J connectivity index is 2.40. The van der Waals surface area contributed by atoms with Gasteiger partial charge in [0.1, 0.15) is 0 Å². The Labute approximate surface area is 116 Å². The maximum absolute atomic E-state index is 11.9. The Bertz CT molecular complexity index is 384. The van der Waals surface area contributed by atoms with Gasteiger partial charge in [-0.05, 0) is 43.4 Å². The summed E-state index contributed by atoms with van der Waals surface area (Å²) in [5, 5.41) is 3.03. The minimum absolute atomic E-state index is 0.104. The maximum Gasteiger partial charge on any atom is 0.224 e. The lowest BCUT2D eigenvalue weighted by Crippen LogP contribution is -2.31. The van der Waals surface area contributed by atoms with Gasteiger partial charge < -0.3 is 11.1 Å². The van der Waals surface area contributed by atoms with E-state index in [0.717, 1.165) is 31.4 Å². The van der Waals surface area contributed by atoms with Gasteiger partial charge in [0.2, 0.25) is 5.91 Å². The molecule has 0 fully saturated rings. The van der Waals surface area contributed by atoms with Crippen molar-refractivity contribution in [2.45, 2.75) is 39.5 Å². The zero-order chi connectivity index (χ0) is 14.1. The first-order chi connectivity index (χ1) is 9.17. The largest absolute Gasteiger partial charge is 0.356 e. The minimum atomic E-state index is 0.104. The first-order valence-electron chi connectivity index (χ1n) is 7.18. The van der Waals surface area contributed by atoms with Gasteiger partial charge in [0.25, 0.3) is 0 Å². The second kappa shape index (κ2) is 8.70. The lowest BCUT2D eigenvalue weighted by Gasteiger charge is -2.16. The van der Waals surface area contributed by atoms with E-state index in [4.69, 9.17) is 5.73 Å². The molecule has 0 bridgehead atoms. The van der Waals surface area contributed by atoms with E-state index >= 15 is 0 Å². The molecule has 1 unspecified atom stereocenters. The number of hydrogen-bond donors (Lipinski definition) is 2. The first kappa shape index (κ1) is 15.7. The van der Waals surface area contributed by atoms with Crippen molar-refractivity contribution in [3.63, 3.8) is 0 Å². The van der Waals surface area contributed by atoms with Crippen LogP contribution < -0.4 is 11.1 Å². The fraction of sp³-hybridized carbons (Fsp3) is 0.562. The van der Waals surface area contributed by atoms with Crippen LogP contribution in [0.2, 0.25) is 0 Å². The van der Waals surface area contributed by atoms with Gasteiger partial charge in [-0.25, -0.2) is 0 Å². The first-order valence-corrected chi connectivity index (χ1v) is 7.18. The van der Waals surface area contributed by atoms with Crippen LogP contribution in [0.25, 0.3) is 0 Å². The van der Waals surface area contributed by atoms with Crippen LogP contribution >= 0.6 is 0 Å². The molecule has 0 saturated heterocycles. The van der Waals surface area contributed by atoms with Gasteiger partial charge in [-0.3, -0.25) is 4.79 Å². The van der Waals surface area contributed by atoms with Crippen LogP contribution in [0.15, 0.2) is 24.3 Å². The number of carbonyl (C=O) groups excluding carboxylic acids is 1. The highest BCUT2D eigenvalue weighted by atomic mass is 16.1. The van der Waals surface area contributed by atoms with Gasteiger partial charge in [-0.15, -0.1) is 0 Å².